The van der Waals surface area contributed by atoms with E-state index in [1.54, 1.807) is 0 Å². The van der Waals surface area contributed by atoms with Crippen molar-refractivity contribution < 1.29 is 14.6 Å². The van der Waals surface area contributed by atoms with Gasteiger partial charge in [0.1, 0.15) is 0 Å². The Balaban J connectivity index is 1.34. The van der Waals surface area contributed by atoms with Crippen LogP contribution in [0.4, 0.5) is 0 Å². The summed E-state index contributed by atoms with van der Waals surface area (Å²) in [6.45, 7) is 11.3. The minimum atomic E-state index is -0.218. The molecule has 0 aromatic heterocycles. The SMILES string of the molecule is COC(=O)CC[C@@H](C)[C@H]1CCC2C3CCC4C[C@@H](NCCCNCCCN)CC[C@]4(C)C3C[C@H](O)[C@@]21C. The molecule has 37 heavy (non-hydrogen) atoms. The van der Waals surface area contributed by atoms with Crippen molar-refractivity contribution in [1.82, 2.24) is 10.6 Å². The van der Waals surface area contributed by atoms with Gasteiger partial charge >= 0.3 is 5.97 Å². The van der Waals surface area contributed by atoms with Gasteiger partial charge in [0, 0.05) is 12.5 Å². The van der Waals surface area contributed by atoms with E-state index < -0.39 is 0 Å². The molecule has 0 aromatic carbocycles. The number of ether oxygens (including phenoxy) is 1. The molecule has 0 amide bonds. The third-order valence-corrected chi connectivity index (χ3v) is 12.1. The molecule has 4 aliphatic carbocycles. The highest BCUT2D eigenvalue weighted by atomic mass is 16.5. The van der Waals surface area contributed by atoms with Gasteiger partial charge in [0.15, 0.2) is 0 Å². The molecular weight excluding hydrogens is 462 g/mol. The number of esters is 1. The van der Waals surface area contributed by atoms with Crippen LogP contribution in [-0.4, -0.2) is 56.5 Å². The van der Waals surface area contributed by atoms with Gasteiger partial charge < -0.3 is 26.2 Å². The van der Waals surface area contributed by atoms with Crippen molar-refractivity contribution in [2.75, 3.05) is 33.3 Å². The van der Waals surface area contributed by atoms with E-state index in [4.69, 9.17) is 10.5 Å². The average Bonchev–Trinajstić information content (AvgIpc) is 3.26. The number of aliphatic hydroxyl groups excluding tert-OH is 1. The summed E-state index contributed by atoms with van der Waals surface area (Å²) in [7, 11) is 1.48. The topological polar surface area (TPSA) is 96.6 Å². The fourth-order valence-electron chi connectivity index (χ4n) is 9.89. The second-order valence-corrected chi connectivity index (χ2v) is 13.7. The minimum absolute atomic E-state index is 0.00313. The van der Waals surface area contributed by atoms with Crippen LogP contribution in [0.1, 0.15) is 97.8 Å². The molecule has 6 heteroatoms. The maximum atomic E-state index is 11.8. The molecule has 4 saturated carbocycles. The van der Waals surface area contributed by atoms with Crippen molar-refractivity contribution in [2.24, 2.45) is 52.1 Å². The van der Waals surface area contributed by atoms with Gasteiger partial charge in [-0.2, -0.15) is 0 Å². The van der Waals surface area contributed by atoms with Gasteiger partial charge in [-0.15, -0.1) is 0 Å². The normalized spacial score (nSPS) is 41.9. The van der Waals surface area contributed by atoms with E-state index in [9.17, 15) is 9.90 Å². The monoisotopic (exact) mass is 519 g/mol. The number of carbonyl (C=O) groups excluding carboxylic acids is 1. The zero-order valence-corrected chi connectivity index (χ0v) is 24.3. The van der Waals surface area contributed by atoms with Crippen LogP contribution in [0, 0.1) is 46.3 Å². The van der Waals surface area contributed by atoms with E-state index in [0.29, 0.717) is 41.5 Å². The average molecular weight is 520 g/mol. The molecule has 0 aliphatic heterocycles. The lowest BCUT2D eigenvalue weighted by Gasteiger charge is -2.62. The molecule has 214 valence electrons. The summed E-state index contributed by atoms with van der Waals surface area (Å²) in [6, 6.07) is 0.656. The summed E-state index contributed by atoms with van der Waals surface area (Å²) in [5.41, 5.74) is 5.95. The number of rotatable bonds is 12. The van der Waals surface area contributed by atoms with E-state index >= 15 is 0 Å². The van der Waals surface area contributed by atoms with Crippen molar-refractivity contribution in [2.45, 2.75) is 110 Å². The second kappa shape index (κ2) is 12.7. The Hall–Kier alpha value is -0.690. The molecule has 0 aromatic rings. The molecule has 5 N–H and O–H groups in total. The number of hydrogen-bond donors (Lipinski definition) is 4. The van der Waals surface area contributed by atoms with Gasteiger partial charge in [-0.05, 0) is 143 Å². The molecule has 0 spiro atoms. The fourth-order valence-corrected chi connectivity index (χ4v) is 9.89. The highest BCUT2D eigenvalue weighted by Crippen LogP contribution is 2.68. The second-order valence-electron chi connectivity index (χ2n) is 13.7. The Labute approximate surface area is 226 Å². The van der Waals surface area contributed by atoms with E-state index in [1.165, 1.54) is 58.5 Å². The van der Waals surface area contributed by atoms with Gasteiger partial charge in [0.05, 0.1) is 13.2 Å². The molecule has 4 unspecified atom stereocenters. The largest absolute Gasteiger partial charge is 0.469 e. The maximum absolute atomic E-state index is 11.8. The summed E-state index contributed by atoms with van der Waals surface area (Å²) < 4.78 is 4.90. The predicted molar refractivity (Wildman–Crippen MR) is 150 cm³/mol. The minimum Gasteiger partial charge on any atom is -0.469 e. The van der Waals surface area contributed by atoms with Gasteiger partial charge in [0.2, 0.25) is 0 Å². The lowest BCUT2D eigenvalue weighted by molar-refractivity contribution is -0.170. The van der Waals surface area contributed by atoms with E-state index in [2.05, 4.69) is 31.4 Å². The van der Waals surface area contributed by atoms with Crippen molar-refractivity contribution in [3.63, 3.8) is 0 Å². The van der Waals surface area contributed by atoms with Crippen LogP contribution in [0.3, 0.4) is 0 Å². The highest BCUT2D eigenvalue weighted by Gasteiger charge is 2.63. The van der Waals surface area contributed by atoms with Crippen molar-refractivity contribution in [3.05, 3.63) is 0 Å². The summed E-state index contributed by atoms with van der Waals surface area (Å²) in [5, 5.41) is 19.2. The molecule has 4 fully saturated rings. The van der Waals surface area contributed by atoms with Crippen LogP contribution in [0.25, 0.3) is 0 Å². The molecule has 4 rings (SSSR count). The molecule has 0 bridgehead atoms. The van der Waals surface area contributed by atoms with Crippen LogP contribution >= 0.6 is 0 Å². The fraction of sp³-hybridized carbons (Fsp3) is 0.968. The Kier molecular flexibility index (Phi) is 10.0. The zero-order valence-electron chi connectivity index (χ0n) is 24.3. The first-order chi connectivity index (χ1) is 17.8. The van der Waals surface area contributed by atoms with Crippen LogP contribution in [0.2, 0.25) is 0 Å². The van der Waals surface area contributed by atoms with Crippen LogP contribution in [-0.2, 0) is 9.53 Å². The Bertz CT molecular complexity index is 749. The standard InChI is InChI=1S/C31H57N3O3/c1-21(7-12-29(36)37-4)25-10-11-26-24-9-8-22-19-23(34-18-6-17-33-16-5-15-32)13-14-30(22,2)27(24)20-28(35)31(25,26)3/h21-28,33-35H,5-20,32H2,1-4H3/t21-,22?,23+,24?,25-,26?,27?,28+,30+,31-/m1/s1. The lowest BCUT2D eigenvalue weighted by atomic mass is 9.43. The molecule has 0 saturated heterocycles. The van der Waals surface area contributed by atoms with Gasteiger partial charge in [0.25, 0.3) is 0 Å². The number of nitrogens with two attached hydrogens (primary N) is 1. The molecule has 0 radical (unpaired) electrons. The number of aliphatic hydroxyl groups is 1. The van der Waals surface area contributed by atoms with Crippen molar-refractivity contribution in [1.29, 1.82) is 0 Å². The van der Waals surface area contributed by atoms with E-state index in [1.807, 2.05) is 0 Å². The Morgan fingerprint density at radius 3 is 2.59 bits per heavy atom. The number of nitrogens with one attached hydrogen (secondary N) is 2. The molecule has 4 aliphatic rings. The number of fused-ring (bicyclic) bond motifs is 5. The molecular formula is C31H57N3O3. The van der Waals surface area contributed by atoms with Crippen LogP contribution in [0.15, 0.2) is 0 Å². The van der Waals surface area contributed by atoms with Crippen molar-refractivity contribution in [3.8, 4) is 0 Å². The third-order valence-electron chi connectivity index (χ3n) is 12.1. The summed E-state index contributed by atoms with van der Waals surface area (Å²) >= 11 is 0. The Morgan fingerprint density at radius 1 is 1.05 bits per heavy atom. The first-order valence-corrected chi connectivity index (χ1v) is 15.6. The molecule has 6 nitrogen and oxygen atoms in total. The van der Waals surface area contributed by atoms with Crippen LogP contribution < -0.4 is 16.4 Å². The molecule has 0 heterocycles. The lowest BCUT2D eigenvalue weighted by Crippen LogP contribution is -2.59. The first kappa shape index (κ1) is 29.3. The molecule has 10 atom stereocenters. The van der Waals surface area contributed by atoms with E-state index in [-0.39, 0.29) is 17.5 Å². The smallest absolute Gasteiger partial charge is 0.305 e. The maximum Gasteiger partial charge on any atom is 0.305 e. The van der Waals surface area contributed by atoms with Gasteiger partial charge in [-0.1, -0.05) is 20.8 Å². The number of methoxy groups -OCH3 is 1. The highest BCUT2D eigenvalue weighted by molar-refractivity contribution is 5.69. The van der Waals surface area contributed by atoms with Crippen molar-refractivity contribution >= 4 is 5.97 Å². The van der Waals surface area contributed by atoms with Gasteiger partial charge in [-0.25, -0.2) is 0 Å². The van der Waals surface area contributed by atoms with E-state index in [0.717, 1.165) is 57.3 Å². The Morgan fingerprint density at radius 2 is 1.84 bits per heavy atom. The zero-order chi connectivity index (χ0) is 26.6. The summed E-state index contributed by atoms with van der Waals surface area (Å²) in [5.74, 6) is 3.69. The predicted octanol–water partition coefficient (Wildman–Crippen LogP) is 4.49. The first-order valence-electron chi connectivity index (χ1n) is 15.6. The summed E-state index contributed by atoms with van der Waals surface area (Å²) in [6.07, 6.45) is 13.4. The number of carbonyl (C=O) groups is 1. The number of hydrogen-bond acceptors (Lipinski definition) is 6. The quantitative estimate of drug-likeness (QED) is 0.224. The third kappa shape index (κ3) is 5.93. The summed E-state index contributed by atoms with van der Waals surface area (Å²) in [4.78, 5) is 11.8. The van der Waals surface area contributed by atoms with Gasteiger partial charge in [-0.3, -0.25) is 4.79 Å². The van der Waals surface area contributed by atoms with Crippen LogP contribution in [0.5, 0.6) is 0 Å².